The van der Waals surface area contributed by atoms with Gasteiger partial charge in [0.15, 0.2) is 0 Å². The number of hydrogen-bond acceptors (Lipinski definition) is 5. The van der Waals surface area contributed by atoms with E-state index in [-0.39, 0.29) is 27.9 Å². The van der Waals surface area contributed by atoms with Gasteiger partial charge in [0.2, 0.25) is 18.2 Å². The highest BCUT2D eigenvalue weighted by atomic mass is 31.2. The van der Waals surface area contributed by atoms with Crippen molar-refractivity contribution in [3.8, 4) is 22.6 Å². The number of benzene rings is 6. The minimum atomic E-state index is -4.54. The molecule has 0 heterocycles. The summed E-state index contributed by atoms with van der Waals surface area (Å²) in [4.78, 5) is 29.5. The first-order chi connectivity index (χ1) is 20.5. The molecule has 0 bridgehead atoms. The molecule has 0 unspecified atom stereocenters. The van der Waals surface area contributed by atoms with Crippen LogP contribution in [0.5, 0.6) is 11.5 Å². The molecule has 6 aromatic rings. The van der Waals surface area contributed by atoms with Crippen molar-refractivity contribution >= 4 is 45.0 Å². The molecule has 0 aromatic heterocycles. The van der Waals surface area contributed by atoms with Crippen molar-refractivity contribution in [3.63, 3.8) is 0 Å². The van der Waals surface area contributed by atoms with Crippen LogP contribution in [-0.4, -0.2) is 25.3 Å². The van der Waals surface area contributed by atoms with Gasteiger partial charge in [-0.1, -0.05) is 115 Å². The molecule has 42 heavy (non-hydrogen) atoms. The normalized spacial score (nSPS) is 11.4. The van der Waals surface area contributed by atoms with E-state index in [0.717, 1.165) is 21.9 Å². The Balaban J connectivity index is 1.63. The molecule has 0 aliphatic heterocycles. The zero-order valence-electron chi connectivity index (χ0n) is 23.1. The zero-order chi connectivity index (χ0) is 29.3. The molecule has 0 saturated heterocycles. The van der Waals surface area contributed by atoms with Crippen LogP contribution in [0.3, 0.4) is 0 Å². The summed E-state index contributed by atoms with van der Waals surface area (Å²) in [6, 6.07) is 38.1. The lowest BCUT2D eigenvalue weighted by molar-refractivity contribution is 0.104. The van der Waals surface area contributed by atoms with Crippen LogP contribution >= 0.6 is 7.14 Å². The minimum Gasteiger partial charge on any atom is -0.496 e. The molecule has 0 aliphatic carbocycles. The molecule has 0 saturated carbocycles. The molecule has 0 N–H and O–H groups in total. The Morgan fingerprint density at radius 3 is 1.40 bits per heavy atom. The van der Waals surface area contributed by atoms with Gasteiger partial charge in [-0.25, -0.2) is 0 Å². The fourth-order valence-electron chi connectivity index (χ4n) is 5.42. The van der Waals surface area contributed by atoms with Crippen LogP contribution in [0.1, 0.15) is 20.7 Å². The molecule has 6 aromatic carbocycles. The quantitative estimate of drug-likeness (QED) is 0.172. The third kappa shape index (κ3) is 4.49. The van der Waals surface area contributed by atoms with Gasteiger partial charge in [0.05, 0.1) is 25.3 Å². The molecule has 0 atom stereocenters. The molecule has 0 amide bonds. The van der Waals surface area contributed by atoms with Gasteiger partial charge in [-0.15, -0.1) is 0 Å². The standard InChI is InChI=1S/C36H27O5P/c1-40-31-22-18-26-12-6-8-14-29(26)33(31)35(37)42(39,28-20-16-25(17-21-28)24-10-4-3-5-11-24)36(38)34-30-15-9-7-13-27(30)19-23-32(34)41-2/h3-23H,1-2H3. The van der Waals surface area contributed by atoms with Crippen molar-refractivity contribution in [2.75, 3.05) is 14.2 Å². The van der Waals surface area contributed by atoms with Gasteiger partial charge in [-0.2, -0.15) is 0 Å². The average Bonchev–Trinajstić information content (AvgIpc) is 3.06. The maximum Gasteiger partial charge on any atom is 0.249 e. The van der Waals surface area contributed by atoms with Gasteiger partial charge in [0, 0.05) is 5.30 Å². The lowest BCUT2D eigenvalue weighted by atomic mass is 10.0. The minimum absolute atomic E-state index is 0.110. The Labute approximate surface area is 243 Å². The first kappa shape index (κ1) is 27.2. The molecule has 5 nitrogen and oxygen atoms in total. The SMILES string of the molecule is COc1ccc2ccccc2c1C(=O)P(=O)(C(=O)c1c(OC)ccc2ccccc12)c1ccc(-c2ccccc2)cc1. The topological polar surface area (TPSA) is 69.7 Å². The molecule has 6 rings (SSSR count). The lowest BCUT2D eigenvalue weighted by Crippen LogP contribution is -2.22. The van der Waals surface area contributed by atoms with E-state index in [4.69, 9.17) is 9.47 Å². The largest absolute Gasteiger partial charge is 0.496 e. The summed E-state index contributed by atoms with van der Waals surface area (Å²) in [6.07, 6.45) is 0. The first-order valence-electron chi connectivity index (χ1n) is 13.4. The maximum atomic E-state index is 15.5. The summed E-state index contributed by atoms with van der Waals surface area (Å²) >= 11 is 0. The van der Waals surface area contributed by atoms with Gasteiger partial charge in [-0.3, -0.25) is 9.59 Å². The fourth-order valence-corrected chi connectivity index (χ4v) is 7.73. The number of ether oxygens (including phenoxy) is 2. The molecule has 0 radical (unpaired) electrons. The van der Waals surface area contributed by atoms with Gasteiger partial charge in [-0.05, 0) is 44.8 Å². The van der Waals surface area contributed by atoms with Gasteiger partial charge < -0.3 is 14.0 Å². The lowest BCUT2D eigenvalue weighted by Gasteiger charge is -2.21. The van der Waals surface area contributed by atoms with Crippen LogP contribution in [0.4, 0.5) is 0 Å². The van der Waals surface area contributed by atoms with Crippen LogP contribution in [0.2, 0.25) is 0 Å². The Kier molecular flexibility index (Phi) is 7.20. The number of methoxy groups -OCH3 is 2. The van der Waals surface area contributed by atoms with Crippen LogP contribution in [0.25, 0.3) is 32.7 Å². The summed E-state index contributed by atoms with van der Waals surface area (Å²) < 4.78 is 26.7. The maximum absolute atomic E-state index is 15.5. The van der Waals surface area contributed by atoms with E-state index in [2.05, 4.69) is 0 Å². The van der Waals surface area contributed by atoms with E-state index in [9.17, 15) is 9.59 Å². The second-order valence-electron chi connectivity index (χ2n) is 9.86. The van der Waals surface area contributed by atoms with Crippen molar-refractivity contribution in [2.24, 2.45) is 0 Å². The summed E-state index contributed by atoms with van der Waals surface area (Å²) in [6.45, 7) is 0. The summed E-state index contributed by atoms with van der Waals surface area (Å²) in [5.74, 6) is 0.495. The molecule has 0 fully saturated rings. The van der Waals surface area contributed by atoms with Gasteiger partial charge in [0.25, 0.3) is 0 Å². The molecule has 0 spiro atoms. The van der Waals surface area contributed by atoms with E-state index >= 15 is 4.57 Å². The molecule has 206 valence electrons. The van der Waals surface area contributed by atoms with E-state index in [1.165, 1.54) is 14.2 Å². The fraction of sp³-hybridized carbons (Fsp3) is 0.0556. The molecule has 6 heteroatoms. The van der Waals surface area contributed by atoms with Crippen molar-refractivity contribution in [2.45, 2.75) is 0 Å². The zero-order valence-corrected chi connectivity index (χ0v) is 24.0. The molecule has 0 aliphatic rings. The van der Waals surface area contributed by atoms with E-state index < -0.39 is 18.2 Å². The van der Waals surface area contributed by atoms with Crippen LogP contribution < -0.4 is 14.8 Å². The highest BCUT2D eigenvalue weighted by Crippen LogP contribution is 2.55. The number of carbonyl (C=O) groups excluding carboxylic acids is 2. The predicted molar refractivity (Wildman–Crippen MR) is 169 cm³/mol. The van der Waals surface area contributed by atoms with Crippen molar-refractivity contribution in [3.05, 3.63) is 139 Å². The van der Waals surface area contributed by atoms with E-state index in [0.29, 0.717) is 10.8 Å². The Morgan fingerprint density at radius 2 is 0.929 bits per heavy atom. The highest BCUT2D eigenvalue weighted by molar-refractivity contribution is 8.01. The second-order valence-corrected chi connectivity index (χ2v) is 12.4. The van der Waals surface area contributed by atoms with E-state index in [1.807, 2.05) is 66.7 Å². The Morgan fingerprint density at radius 1 is 0.500 bits per heavy atom. The highest BCUT2D eigenvalue weighted by Gasteiger charge is 2.46. The van der Waals surface area contributed by atoms with Crippen molar-refractivity contribution in [1.82, 2.24) is 0 Å². The number of rotatable bonds is 8. The monoisotopic (exact) mass is 570 g/mol. The summed E-state index contributed by atoms with van der Waals surface area (Å²) in [5, 5.41) is 2.79. The first-order valence-corrected chi connectivity index (χ1v) is 15.2. The van der Waals surface area contributed by atoms with Crippen LogP contribution in [-0.2, 0) is 4.57 Å². The van der Waals surface area contributed by atoms with Crippen molar-refractivity contribution < 1.29 is 23.6 Å². The summed E-state index contributed by atoms with van der Waals surface area (Å²) in [5.41, 5.74) is 0.476. The number of carbonyl (C=O) groups is 2. The molecular formula is C36H27O5P. The molecular weight excluding hydrogens is 543 g/mol. The average molecular weight is 571 g/mol. The third-order valence-electron chi connectivity index (χ3n) is 7.56. The number of fused-ring (bicyclic) bond motifs is 2. The van der Waals surface area contributed by atoms with Gasteiger partial charge >= 0.3 is 0 Å². The predicted octanol–water partition coefficient (Wildman–Crippen LogP) is 8.35. The van der Waals surface area contributed by atoms with Crippen molar-refractivity contribution in [1.29, 1.82) is 0 Å². The Bertz CT molecular complexity index is 1910. The van der Waals surface area contributed by atoms with E-state index in [1.54, 1.807) is 60.7 Å². The van der Waals surface area contributed by atoms with Crippen LogP contribution in [0, 0.1) is 0 Å². The summed E-state index contributed by atoms with van der Waals surface area (Å²) in [7, 11) is -1.63. The Hall–Kier alpha value is -4.99. The second kappa shape index (κ2) is 11.1. The smallest absolute Gasteiger partial charge is 0.249 e. The van der Waals surface area contributed by atoms with Crippen LogP contribution in [0.15, 0.2) is 127 Å². The number of hydrogen-bond donors (Lipinski definition) is 0. The van der Waals surface area contributed by atoms with Gasteiger partial charge in [0.1, 0.15) is 11.5 Å². The third-order valence-corrected chi connectivity index (χ3v) is 10.2.